The van der Waals surface area contributed by atoms with Crippen LogP contribution in [0.5, 0.6) is 0 Å². The summed E-state index contributed by atoms with van der Waals surface area (Å²) < 4.78 is 57.3. The van der Waals surface area contributed by atoms with E-state index in [1.807, 2.05) is 25.7 Å². The van der Waals surface area contributed by atoms with E-state index in [0.717, 1.165) is 31.7 Å². The standard InChI is InChI=1S/C25H34F3N3O3S/c1-25(2,3)35(34)30-22(11-15-10-20(27)21(28)12-19(15)26)16-8-17-6-7-18(9-16)31(17)23(32)13-29-24(33)14-4-5-14/h10,12,14,16-18,22,30H,4-9,11,13H2,1-3H3,(H,29,33)/t16-,17-,18+,22-,35+/m1/s1. The largest absolute Gasteiger partial charge is 0.598 e. The Hall–Kier alpha value is -1.78. The SMILES string of the molecule is CC(C)(C)[S@+]([O-])N[C@H](Cc1cc(F)c(F)cc1F)[C@@H]1C[C@H]2CC[C@@H](C1)N2C(=O)CNC(=O)C1CC1. The van der Waals surface area contributed by atoms with Crippen LogP contribution in [0, 0.1) is 29.3 Å². The fourth-order valence-electron chi connectivity index (χ4n) is 5.27. The maximum Gasteiger partial charge on any atom is 0.242 e. The van der Waals surface area contributed by atoms with E-state index < -0.39 is 39.6 Å². The lowest BCUT2D eigenvalue weighted by molar-refractivity contribution is -0.137. The molecule has 5 atom stereocenters. The van der Waals surface area contributed by atoms with Crippen LogP contribution in [0.3, 0.4) is 0 Å². The Bertz CT molecular complexity index is 955. The number of hydrogen-bond donors (Lipinski definition) is 2. The number of rotatable bonds is 8. The molecule has 2 bridgehead atoms. The van der Waals surface area contributed by atoms with Crippen molar-refractivity contribution >= 4 is 23.2 Å². The second-order valence-electron chi connectivity index (χ2n) is 11.1. The van der Waals surface area contributed by atoms with Crippen LogP contribution in [-0.2, 0) is 27.4 Å². The molecule has 2 saturated heterocycles. The molecule has 0 radical (unpaired) electrons. The van der Waals surface area contributed by atoms with Crippen LogP contribution in [0.25, 0.3) is 0 Å². The zero-order chi connectivity index (χ0) is 25.5. The molecule has 6 nitrogen and oxygen atoms in total. The van der Waals surface area contributed by atoms with Crippen molar-refractivity contribution in [2.24, 2.45) is 11.8 Å². The molecule has 3 fully saturated rings. The maximum atomic E-state index is 14.5. The predicted octanol–water partition coefficient (Wildman–Crippen LogP) is 3.36. The van der Waals surface area contributed by atoms with Gasteiger partial charge in [-0.25, -0.2) is 13.2 Å². The van der Waals surface area contributed by atoms with Crippen LogP contribution in [0.1, 0.15) is 64.9 Å². The lowest BCUT2D eigenvalue weighted by atomic mass is 9.82. The monoisotopic (exact) mass is 513 g/mol. The quantitative estimate of drug-likeness (QED) is 0.413. The third kappa shape index (κ3) is 6.14. The van der Waals surface area contributed by atoms with Crippen molar-refractivity contribution in [3.05, 3.63) is 35.1 Å². The van der Waals surface area contributed by atoms with E-state index >= 15 is 0 Å². The highest BCUT2D eigenvalue weighted by molar-refractivity contribution is 7.90. The lowest BCUT2D eigenvalue weighted by Gasteiger charge is -2.42. The van der Waals surface area contributed by atoms with Crippen molar-refractivity contribution in [2.45, 2.75) is 88.6 Å². The summed E-state index contributed by atoms with van der Waals surface area (Å²) >= 11 is -1.45. The number of piperidine rings is 1. The van der Waals surface area contributed by atoms with Crippen molar-refractivity contribution in [1.29, 1.82) is 0 Å². The molecule has 1 saturated carbocycles. The van der Waals surface area contributed by atoms with Gasteiger partial charge in [-0.1, -0.05) is 0 Å². The molecule has 35 heavy (non-hydrogen) atoms. The van der Waals surface area contributed by atoms with Gasteiger partial charge < -0.3 is 14.8 Å². The first kappa shape index (κ1) is 26.3. The summed E-state index contributed by atoms with van der Waals surface area (Å²) in [6, 6.07) is 0.931. The minimum absolute atomic E-state index is 0.0111. The average molecular weight is 514 g/mol. The Morgan fingerprint density at radius 2 is 1.66 bits per heavy atom. The molecule has 2 N–H and O–H groups in total. The number of amides is 2. The van der Waals surface area contributed by atoms with Gasteiger partial charge in [0.15, 0.2) is 11.6 Å². The molecule has 2 amide bonds. The summed E-state index contributed by atoms with van der Waals surface area (Å²) in [7, 11) is 0. The molecule has 10 heteroatoms. The molecule has 1 aliphatic carbocycles. The van der Waals surface area contributed by atoms with Gasteiger partial charge in [-0.2, -0.15) is 0 Å². The summed E-state index contributed by atoms with van der Waals surface area (Å²) in [5.74, 6) is -3.35. The minimum atomic E-state index is -1.45. The van der Waals surface area contributed by atoms with E-state index in [9.17, 15) is 27.3 Å². The van der Waals surface area contributed by atoms with E-state index in [4.69, 9.17) is 0 Å². The smallest absolute Gasteiger partial charge is 0.242 e. The molecule has 1 aromatic carbocycles. The van der Waals surface area contributed by atoms with Crippen molar-refractivity contribution in [1.82, 2.24) is 14.9 Å². The maximum absolute atomic E-state index is 14.5. The number of halogens is 3. The molecule has 1 aromatic rings. The third-order valence-electron chi connectivity index (χ3n) is 7.33. The van der Waals surface area contributed by atoms with E-state index in [2.05, 4.69) is 10.0 Å². The summed E-state index contributed by atoms with van der Waals surface area (Å²) in [5.41, 5.74) is 0.0287. The second-order valence-corrected chi connectivity index (χ2v) is 13.1. The van der Waals surface area contributed by atoms with Crippen LogP contribution in [0.2, 0.25) is 0 Å². The van der Waals surface area contributed by atoms with Crippen LogP contribution in [-0.4, -0.2) is 50.7 Å². The lowest BCUT2D eigenvalue weighted by Crippen LogP contribution is -2.55. The van der Waals surface area contributed by atoms with Crippen molar-refractivity contribution < 1.29 is 27.3 Å². The number of fused-ring (bicyclic) bond motifs is 2. The number of nitrogens with zero attached hydrogens (tertiary/aromatic N) is 1. The van der Waals surface area contributed by atoms with Crippen LogP contribution < -0.4 is 10.0 Å². The van der Waals surface area contributed by atoms with E-state index in [1.54, 1.807) is 0 Å². The molecular weight excluding hydrogens is 479 g/mol. The van der Waals surface area contributed by atoms with Gasteiger partial charge in [-0.15, -0.1) is 4.72 Å². The van der Waals surface area contributed by atoms with Gasteiger partial charge >= 0.3 is 0 Å². The number of nitrogens with one attached hydrogen (secondary N) is 2. The molecule has 0 spiro atoms. The van der Waals surface area contributed by atoms with E-state index in [1.165, 1.54) is 0 Å². The van der Waals surface area contributed by atoms with E-state index in [-0.39, 0.29) is 54.3 Å². The highest BCUT2D eigenvalue weighted by Gasteiger charge is 2.46. The van der Waals surface area contributed by atoms with Gasteiger partial charge in [0, 0.05) is 35.4 Å². The van der Waals surface area contributed by atoms with Gasteiger partial charge in [0.25, 0.3) is 0 Å². The van der Waals surface area contributed by atoms with E-state index in [0.29, 0.717) is 18.9 Å². The Labute approximate surface area is 207 Å². The van der Waals surface area contributed by atoms with Crippen molar-refractivity contribution in [2.75, 3.05) is 6.54 Å². The van der Waals surface area contributed by atoms with Crippen LogP contribution in [0.4, 0.5) is 13.2 Å². The Morgan fingerprint density at radius 3 is 2.23 bits per heavy atom. The highest BCUT2D eigenvalue weighted by atomic mass is 32.2. The number of carbonyl (C=O) groups excluding carboxylic acids is 2. The van der Waals surface area contributed by atoms with Gasteiger partial charge in [-0.05, 0) is 83.3 Å². The molecular formula is C25H34F3N3O3S. The van der Waals surface area contributed by atoms with Gasteiger partial charge in [-0.3, -0.25) is 9.59 Å². The molecule has 0 aromatic heterocycles. The molecule has 4 rings (SSSR count). The van der Waals surface area contributed by atoms with Crippen molar-refractivity contribution in [3.8, 4) is 0 Å². The number of hydrogen-bond acceptors (Lipinski definition) is 4. The summed E-state index contributed by atoms with van der Waals surface area (Å²) in [5, 5.41) is 2.75. The normalized spacial score (nSPS) is 25.9. The van der Waals surface area contributed by atoms with Gasteiger partial charge in [0.2, 0.25) is 11.8 Å². The number of benzene rings is 1. The molecule has 0 unspecified atom stereocenters. The summed E-state index contributed by atoms with van der Waals surface area (Å²) in [4.78, 5) is 26.7. The van der Waals surface area contributed by atoms with Gasteiger partial charge in [0.1, 0.15) is 10.6 Å². The minimum Gasteiger partial charge on any atom is -0.598 e. The first-order valence-electron chi connectivity index (χ1n) is 12.3. The van der Waals surface area contributed by atoms with Crippen LogP contribution in [0.15, 0.2) is 12.1 Å². The third-order valence-corrected chi connectivity index (χ3v) is 8.96. The van der Waals surface area contributed by atoms with Gasteiger partial charge in [0.05, 0.1) is 12.6 Å². The summed E-state index contributed by atoms with van der Waals surface area (Å²) in [6.45, 7) is 5.47. The molecule has 194 valence electrons. The topological polar surface area (TPSA) is 84.5 Å². The first-order chi connectivity index (χ1) is 16.4. The molecule has 3 aliphatic rings. The average Bonchev–Trinajstić information content (AvgIpc) is 3.59. The Kier molecular flexibility index (Phi) is 7.74. The predicted molar refractivity (Wildman–Crippen MR) is 127 cm³/mol. The van der Waals surface area contributed by atoms with Crippen LogP contribution >= 0.6 is 0 Å². The fraction of sp³-hybridized carbons (Fsp3) is 0.680. The molecule has 2 heterocycles. The van der Waals surface area contributed by atoms with Crippen molar-refractivity contribution in [3.63, 3.8) is 0 Å². The highest BCUT2D eigenvalue weighted by Crippen LogP contribution is 2.41. The first-order valence-corrected chi connectivity index (χ1v) is 13.5. The summed E-state index contributed by atoms with van der Waals surface area (Å²) in [6.07, 6.45) is 4.72. The Balaban J connectivity index is 1.47. The fourth-order valence-corrected chi connectivity index (χ4v) is 6.18. The zero-order valence-electron chi connectivity index (χ0n) is 20.4. The molecule has 2 aliphatic heterocycles. The number of carbonyl (C=O) groups is 2. The second kappa shape index (κ2) is 10.3. The zero-order valence-corrected chi connectivity index (χ0v) is 21.2. The Morgan fingerprint density at radius 1 is 1.06 bits per heavy atom.